The molecule has 1 aliphatic heterocycles. The Hall–Kier alpha value is -2.75. The summed E-state index contributed by atoms with van der Waals surface area (Å²) in [5, 5.41) is 10.2. The topological polar surface area (TPSA) is 146 Å². The molecule has 0 spiro atoms. The standard InChI is InChI=1S/C19H27N5O4S/c1-12(2)10-15(23-29(27)28)19(26)24-9-3-4-16(24)18(25)22-11-13-5-7-14(8-6-13)17(20)21/h5-8,12,15-16H,3-4,9-11H2,1-2H3,(H3,20,21)(H,22,25)/t15?,16-/m0/s1. The highest BCUT2D eigenvalue weighted by Crippen LogP contribution is 2.21. The number of rotatable bonds is 8. The van der Waals surface area contributed by atoms with Crippen LogP contribution >= 0.6 is 0 Å². The predicted octanol–water partition coefficient (Wildman–Crippen LogP) is 1.06. The highest BCUT2D eigenvalue weighted by Gasteiger charge is 2.37. The SMILES string of the molecule is CC(C)CC(N=S(=O)=O)C(=O)N1CCC[C@H]1C(=O)NCc1ccc(C(=N)N)cc1. The summed E-state index contributed by atoms with van der Waals surface area (Å²) in [5.41, 5.74) is 6.87. The Morgan fingerprint density at radius 2 is 1.97 bits per heavy atom. The molecule has 1 aromatic rings. The molecule has 9 nitrogen and oxygen atoms in total. The number of nitrogens with one attached hydrogen (secondary N) is 2. The van der Waals surface area contributed by atoms with E-state index in [4.69, 9.17) is 11.1 Å². The molecule has 158 valence electrons. The van der Waals surface area contributed by atoms with E-state index in [0.717, 1.165) is 5.56 Å². The average Bonchev–Trinajstić information content (AvgIpc) is 3.14. The molecule has 10 heteroatoms. The highest BCUT2D eigenvalue weighted by atomic mass is 32.2. The summed E-state index contributed by atoms with van der Waals surface area (Å²) in [6.07, 6.45) is 1.50. The van der Waals surface area contributed by atoms with Crippen LogP contribution in [-0.4, -0.2) is 49.6 Å². The molecule has 1 unspecified atom stereocenters. The number of carbonyl (C=O) groups excluding carboxylic acids is 2. The summed E-state index contributed by atoms with van der Waals surface area (Å²) < 4.78 is 25.6. The lowest BCUT2D eigenvalue weighted by Crippen LogP contribution is -2.48. The van der Waals surface area contributed by atoms with Gasteiger partial charge in [0, 0.05) is 18.7 Å². The van der Waals surface area contributed by atoms with Crippen LogP contribution in [0, 0.1) is 11.3 Å². The van der Waals surface area contributed by atoms with Crippen LogP contribution in [0.3, 0.4) is 0 Å². The largest absolute Gasteiger partial charge is 0.384 e. The first-order valence-corrected chi connectivity index (χ1v) is 10.5. The van der Waals surface area contributed by atoms with Crippen LogP contribution in [0.15, 0.2) is 28.6 Å². The molecular formula is C19H27N5O4S. The Balaban J connectivity index is 2.04. The first kappa shape index (κ1) is 22.5. The van der Waals surface area contributed by atoms with Crippen molar-refractivity contribution in [2.75, 3.05) is 6.54 Å². The van der Waals surface area contributed by atoms with Gasteiger partial charge in [-0.3, -0.25) is 15.0 Å². The van der Waals surface area contributed by atoms with Crippen LogP contribution in [0.5, 0.6) is 0 Å². The summed E-state index contributed by atoms with van der Waals surface area (Å²) in [6.45, 7) is 4.45. The fourth-order valence-corrected chi connectivity index (χ4v) is 3.73. The summed E-state index contributed by atoms with van der Waals surface area (Å²) >= 11 is 0. The zero-order valence-corrected chi connectivity index (χ0v) is 17.4. The lowest BCUT2D eigenvalue weighted by molar-refractivity contribution is -0.139. The number of nitrogen functional groups attached to an aromatic ring is 1. The van der Waals surface area contributed by atoms with Gasteiger partial charge in [-0.15, -0.1) is 0 Å². The Bertz CT molecular complexity index is 888. The minimum absolute atomic E-state index is 0.0268. The number of benzene rings is 1. The number of amidine groups is 1. The maximum atomic E-state index is 12.9. The minimum atomic E-state index is -2.69. The predicted molar refractivity (Wildman–Crippen MR) is 109 cm³/mol. The third-order valence-electron chi connectivity index (χ3n) is 4.76. The van der Waals surface area contributed by atoms with E-state index < -0.39 is 28.5 Å². The molecule has 0 radical (unpaired) electrons. The fourth-order valence-electron chi connectivity index (χ4n) is 3.34. The number of amides is 2. The van der Waals surface area contributed by atoms with E-state index in [1.807, 2.05) is 13.8 Å². The Labute approximate surface area is 171 Å². The van der Waals surface area contributed by atoms with E-state index in [0.29, 0.717) is 31.4 Å². The van der Waals surface area contributed by atoms with E-state index in [1.54, 1.807) is 24.3 Å². The third-order valence-corrected chi connectivity index (χ3v) is 5.19. The monoisotopic (exact) mass is 421 g/mol. The van der Waals surface area contributed by atoms with Gasteiger partial charge in [-0.2, -0.15) is 12.8 Å². The zero-order valence-electron chi connectivity index (χ0n) is 16.6. The van der Waals surface area contributed by atoms with Crippen molar-refractivity contribution in [1.29, 1.82) is 5.41 Å². The summed E-state index contributed by atoms with van der Waals surface area (Å²) in [4.78, 5) is 27.0. The number of carbonyl (C=O) groups is 2. The quantitative estimate of drug-likeness (QED) is 0.424. The van der Waals surface area contributed by atoms with Gasteiger partial charge in [0.1, 0.15) is 17.9 Å². The van der Waals surface area contributed by atoms with E-state index >= 15 is 0 Å². The summed E-state index contributed by atoms with van der Waals surface area (Å²) in [7, 11) is -2.69. The number of hydrogen-bond acceptors (Lipinski definition) is 6. The van der Waals surface area contributed by atoms with E-state index in [2.05, 4.69) is 9.68 Å². The normalized spacial score (nSPS) is 17.1. The molecule has 1 saturated heterocycles. The second-order valence-electron chi connectivity index (χ2n) is 7.49. The van der Waals surface area contributed by atoms with Crippen molar-refractivity contribution in [3.05, 3.63) is 35.4 Å². The third kappa shape index (κ3) is 6.38. The Kier molecular flexibility index (Phi) is 7.89. The molecule has 1 aliphatic rings. The molecule has 2 atom stereocenters. The number of nitrogens with zero attached hydrogens (tertiary/aromatic N) is 2. The van der Waals surface area contributed by atoms with E-state index in [-0.39, 0.29) is 24.2 Å². The van der Waals surface area contributed by atoms with E-state index in [9.17, 15) is 18.0 Å². The fraction of sp³-hybridized carbons (Fsp3) is 0.526. The van der Waals surface area contributed by atoms with Gasteiger partial charge in [-0.05, 0) is 30.7 Å². The molecule has 2 amide bonds. The molecule has 0 aliphatic carbocycles. The van der Waals surface area contributed by atoms with Crippen molar-refractivity contribution < 1.29 is 18.0 Å². The first-order valence-electron chi connectivity index (χ1n) is 9.50. The number of hydrogen-bond donors (Lipinski definition) is 3. The first-order chi connectivity index (χ1) is 13.7. The lowest BCUT2D eigenvalue weighted by Gasteiger charge is -2.26. The second kappa shape index (κ2) is 10.1. The summed E-state index contributed by atoms with van der Waals surface area (Å²) in [5.74, 6) is -0.644. The van der Waals surface area contributed by atoms with Crippen LogP contribution in [0.1, 0.15) is 44.2 Å². The van der Waals surface area contributed by atoms with Crippen molar-refractivity contribution in [1.82, 2.24) is 10.2 Å². The molecule has 0 bridgehead atoms. The van der Waals surface area contributed by atoms with Crippen LogP contribution in [0.2, 0.25) is 0 Å². The lowest BCUT2D eigenvalue weighted by atomic mass is 10.0. The Morgan fingerprint density at radius 3 is 2.52 bits per heavy atom. The minimum Gasteiger partial charge on any atom is -0.384 e. The molecule has 1 heterocycles. The summed E-state index contributed by atoms with van der Waals surface area (Å²) in [6, 6.07) is 5.32. The zero-order chi connectivity index (χ0) is 21.6. The van der Waals surface area contributed by atoms with Crippen LogP contribution < -0.4 is 11.1 Å². The average molecular weight is 422 g/mol. The smallest absolute Gasteiger partial charge is 0.311 e. The molecule has 1 fully saturated rings. The molecule has 4 N–H and O–H groups in total. The molecule has 29 heavy (non-hydrogen) atoms. The van der Waals surface area contributed by atoms with Crippen molar-refractivity contribution in [3.8, 4) is 0 Å². The second-order valence-corrected chi connectivity index (χ2v) is 8.13. The molecule has 1 aromatic carbocycles. The van der Waals surface area contributed by atoms with Gasteiger partial charge >= 0.3 is 10.5 Å². The van der Waals surface area contributed by atoms with Gasteiger partial charge in [0.15, 0.2) is 0 Å². The molecule has 0 aromatic heterocycles. The molecular weight excluding hydrogens is 394 g/mol. The maximum Gasteiger partial charge on any atom is 0.311 e. The number of nitrogens with two attached hydrogens (primary N) is 1. The van der Waals surface area contributed by atoms with Crippen LogP contribution in [0.25, 0.3) is 0 Å². The molecule has 2 rings (SSSR count). The van der Waals surface area contributed by atoms with Crippen molar-refractivity contribution in [3.63, 3.8) is 0 Å². The van der Waals surface area contributed by atoms with Gasteiger partial charge in [-0.25, -0.2) is 0 Å². The van der Waals surface area contributed by atoms with Crippen molar-refractivity contribution >= 4 is 28.2 Å². The number of likely N-dealkylation sites (tertiary alicyclic amines) is 1. The van der Waals surface area contributed by atoms with Gasteiger partial charge in [0.05, 0.1) is 0 Å². The van der Waals surface area contributed by atoms with E-state index in [1.165, 1.54) is 4.90 Å². The van der Waals surface area contributed by atoms with Gasteiger partial charge in [-0.1, -0.05) is 38.1 Å². The van der Waals surface area contributed by atoms with Crippen molar-refractivity contribution in [2.24, 2.45) is 16.0 Å². The molecule has 0 saturated carbocycles. The van der Waals surface area contributed by atoms with Crippen molar-refractivity contribution in [2.45, 2.75) is 51.7 Å². The van der Waals surface area contributed by atoms with Crippen LogP contribution in [-0.2, 0) is 26.6 Å². The Morgan fingerprint density at radius 1 is 1.31 bits per heavy atom. The van der Waals surface area contributed by atoms with Gasteiger partial charge < -0.3 is 16.0 Å². The van der Waals surface area contributed by atoms with Crippen LogP contribution in [0.4, 0.5) is 0 Å². The van der Waals surface area contributed by atoms with Gasteiger partial charge in [0.25, 0.3) is 0 Å². The highest BCUT2D eigenvalue weighted by molar-refractivity contribution is 7.61. The maximum absolute atomic E-state index is 12.9. The van der Waals surface area contributed by atoms with Gasteiger partial charge in [0.2, 0.25) is 11.8 Å².